The second-order valence-corrected chi connectivity index (χ2v) is 6.22. The number of nitriles is 1. The third-order valence-electron chi connectivity index (χ3n) is 4.94. The number of aromatic amines is 1. The van der Waals surface area contributed by atoms with Crippen molar-refractivity contribution in [2.75, 3.05) is 5.32 Å². The number of para-hydroxylation sites is 1. The quantitative estimate of drug-likeness (QED) is 0.609. The Balaban J connectivity index is 1.92. The Labute approximate surface area is 153 Å². The predicted molar refractivity (Wildman–Crippen MR) is 95.1 cm³/mol. The van der Waals surface area contributed by atoms with E-state index in [0.29, 0.717) is 22.5 Å². The van der Waals surface area contributed by atoms with Gasteiger partial charge in [0.1, 0.15) is 17.1 Å². The van der Waals surface area contributed by atoms with Crippen molar-refractivity contribution < 1.29 is 9.53 Å². The summed E-state index contributed by atoms with van der Waals surface area (Å²) in [6.07, 6.45) is 3.27. The SMILES string of the molecule is N#CC1=C(N)Oc2n[nH]c(-c3ccncc3)c2C12C(=O)Nc1ccccc12. The number of amides is 1. The van der Waals surface area contributed by atoms with Gasteiger partial charge in [-0.25, -0.2) is 0 Å². The Morgan fingerprint density at radius 1 is 1.19 bits per heavy atom. The van der Waals surface area contributed by atoms with Gasteiger partial charge >= 0.3 is 0 Å². The van der Waals surface area contributed by atoms with E-state index in [1.54, 1.807) is 36.7 Å². The standard InChI is InChI=1S/C19H12N6O2/c20-9-12-16(21)27-17-14(15(24-25-17)10-5-7-22-8-6-10)19(12)11-3-1-2-4-13(11)23-18(19)26/h1-8H,21H2,(H,23,26)(H,24,25). The number of fused-ring (bicyclic) bond motifs is 4. The molecule has 1 atom stereocenters. The van der Waals surface area contributed by atoms with Crippen molar-refractivity contribution in [1.82, 2.24) is 15.2 Å². The Hall–Kier alpha value is -4.12. The molecule has 1 aromatic carbocycles. The Bertz CT molecular complexity index is 1170. The molecule has 2 aliphatic heterocycles. The molecule has 0 aliphatic carbocycles. The van der Waals surface area contributed by atoms with E-state index in [4.69, 9.17) is 10.5 Å². The summed E-state index contributed by atoms with van der Waals surface area (Å²) in [5, 5.41) is 19.9. The fraction of sp³-hybridized carbons (Fsp3) is 0.0526. The van der Waals surface area contributed by atoms with E-state index in [0.717, 1.165) is 5.56 Å². The Kier molecular flexibility index (Phi) is 2.91. The van der Waals surface area contributed by atoms with Crippen molar-refractivity contribution in [3.63, 3.8) is 0 Å². The van der Waals surface area contributed by atoms with Crippen LogP contribution in [0.5, 0.6) is 5.88 Å². The zero-order valence-corrected chi connectivity index (χ0v) is 13.9. The summed E-state index contributed by atoms with van der Waals surface area (Å²) in [5.41, 5.74) is 7.67. The van der Waals surface area contributed by atoms with Crippen LogP contribution in [0, 0.1) is 11.3 Å². The monoisotopic (exact) mass is 356 g/mol. The number of hydrogen-bond acceptors (Lipinski definition) is 6. The number of rotatable bonds is 1. The van der Waals surface area contributed by atoms with Crippen LogP contribution in [-0.2, 0) is 10.2 Å². The van der Waals surface area contributed by atoms with Crippen molar-refractivity contribution in [2.24, 2.45) is 5.73 Å². The van der Waals surface area contributed by atoms with Crippen LogP contribution in [0.4, 0.5) is 5.69 Å². The summed E-state index contributed by atoms with van der Waals surface area (Å²) in [5.74, 6) is -0.334. The summed E-state index contributed by atoms with van der Waals surface area (Å²) in [4.78, 5) is 17.3. The molecular weight excluding hydrogens is 344 g/mol. The number of anilines is 1. The summed E-state index contributed by atoms with van der Waals surface area (Å²) >= 11 is 0. The fourth-order valence-corrected chi connectivity index (χ4v) is 3.83. The van der Waals surface area contributed by atoms with E-state index in [9.17, 15) is 10.1 Å². The highest BCUT2D eigenvalue weighted by Crippen LogP contribution is 2.55. The first-order valence-electron chi connectivity index (χ1n) is 8.16. The highest BCUT2D eigenvalue weighted by molar-refractivity contribution is 6.13. The second-order valence-electron chi connectivity index (χ2n) is 6.22. The van der Waals surface area contributed by atoms with Crippen LogP contribution in [0.2, 0.25) is 0 Å². The molecule has 0 saturated heterocycles. The van der Waals surface area contributed by atoms with Gasteiger partial charge in [-0.1, -0.05) is 18.2 Å². The number of carbonyl (C=O) groups is 1. The topological polar surface area (TPSA) is 130 Å². The van der Waals surface area contributed by atoms with Gasteiger partial charge in [-0.05, 0) is 18.2 Å². The van der Waals surface area contributed by atoms with Crippen LogP contribution < -0.4 is 15.8 Å². The van der Waals surface area contributed by atoms with Crippen molar-refractivity contribution in [3.05, 3.63) is 71.4 Å². The van der Waals surface area contributed by atoms with E-state index in [1.165, 1.54) is 0 Å². The number of nitrogens with zero attached hydrogens (tertiary/aromatic N) is 3. The largest absolute Gasteiger partial charge is 0.420 e. The summed E-state index contributed by atoms with van der Waals surface area (Å²) < 4.78 is 5.58. The second kappa shape index (κ2) is 5.19. The molecule has 1 unspecified atom stereocenters. The van der Waals surface area contributed by atoms with Gasteiger partial charge in [0.2, 0.25) is 17.7 Å². The first kappa shape index (κ1) is 15.2. The van der Waals surface area contributed by atoms with Crippen LogP contribution in [0.15, 0.2) is 60.2 Å². The molecule has 0 radical (unpaired) electrons. The normalized spacial score (nSPS) is 19.9. The number of hydrogen-bond donors (Lipinski definition) is 3. The lowest BCUT2D eigenvalue weighted by molar-refractivity contribution is -0.118. The third-order valence-corrected chi connectivity index (χ3v) is 4.94. The molecule has 27 heavy (non-hydrogen) atoms. The molecule has 0 bridgehead atoms. The summed E-state index contributed by atoms with van der Waals surface area (Å²) in [7, 11) is 0. The van der Waals surface area contributed by atoms with Crippen LogP contribution in [0.25, 0.3) is 11.3 Å². The molecule has 1 amide bonds. The molecule has 1 spiro atoms. The molecule has 2 aliphatic rings. The smallest absolute Gasteiger partial charge is 0.245 e. The minimum Gasteiger partial charge on any atom is -0.420 e. The van der Waals surface area contributed by atoms with Gasteiger partial charge < -0.3 is 15.8 Å². The molecule has 3 aromatic rings. The zero-order valence-electron chi connectivity index (χ0n) is 13.9. The maximum absolute atomic E-state index is 13.3. The van der Waals surface area contributed by atoms with Gasteiger partial charge in [0.15, 0.2) is 0 Å². The maximum Gasteiger partial charge on any atom is 0.245 e. The number of H-pyrrole nitrogens is 1. The van der Waals surface area contributed by atoms with Crippen molar-refractivity contribution in [3.8, 4) is 23.2 Å². The fourth-order valence-electron chi connectivity index (χ4n) is 3.83. The van der Waals surface area contributed by atoms with Crippen molar-refractivity contribution in [2.45, 2.75) is 5.41 Å². The van der Waals surface area contributed by atoms with E-state index < -0.39 is 5.41 Å². The van der Waals surface area contributed by atoms with Crippen LogP contribution >= 0.6 is 0 Å². The molecule has 130 valence electrons. The van der Waals surface area contributed by atoms with Crippen LogP contribution in [0.1, 0.15) is 11.1 Å². The summed E-state index contributed by atoms with van der Waals surface area (Å²) in [6.45, 7) is 0. The van der Waals surface area contributed by atoms with E-state index in [2.05, 4.69) is 26.6 Å². The number of aromatic nitrogens is 3. The number of nitrogens with one attached hydrogen (secondary N) is 2. The molecule has 8 nitrogen and oxygen atoms in total. The Morgan fingerprint density at radius 3 is 2.74 bits per heavy atom. The molecule has 5 rings (SSSR count). The number of benzene rings is 1. The van der Waals surface area contributed by atoms with Crippen molar-refractivity contribution >= 4 is 11.6 Å². The van der Waals surface area contributed by atoms with Gasteiger partial charge in [0.05, 0.1) is 11.3 Å². The van der Waals surface area contributed by atoms with Crippen LogP contribution in [-0.4, -0.2) is 21.1 Å². The van der Waals surface area contributed by atoms with Crippen LogP contribution in [0.3, 0.4) is 0 Å². The lowest BCUT2D eigenvalue weighted by Crippen LogP contribution is -2.42. The van der Waals surface area contributed by atoms with Gasteiger partial charge in [-0.15, -0.1) is 5.10 Å². The molecule has 4 heterocycles. The van der Waals surface area contributed by atoms with E-state index in [-0.39, 0.29) is 23.2 Å². The number of carbonyl (C=O) groups excluding carboxylic acids is 1. The van der Waals surface area contributed by atoms with Crippen molar-refractivity contribution in [1.29, 1.82) is 5.26 Å². The zero-order chi connectivity index (χ0) is 18.6. The highest BCUT2D eigenvalue weighted by Gasteiger charge is 2.58. The molecule has 0 fully saturated rings. The minimum absolute atomic E-state index is 0.0363. The first-order valence-corrected chi connectivity index (χ1v) is 8.16. The minimum atomic E-state index is -1.44. The lowest BCUT2D eigenvalue weighted by Gasteiger charge is -2.31. The first-order chi connectivity index (χ1) is 13.2. The van der Waals surface area contributed by atoms with Gasteiger partial charge in [-0.3, -0.25) is 14.9 Å². The molecule has 2 aromatic heterocycles. The maximum atomic E-state index is 13.3. The molecular formula is C19H12N6O2. The van der Waals surface area contributed by atoms with Gasteiger partial charge in [0.25, 0.3) is 0 Å². The van der Waals surface area contributed by atoms with E-state index >= 15 is 0 Å². The van der Waals surface area contributed by atoms with Gasteiger partial charge in [-0.2, -0.15) is 5.26 Å². The summed E-state index contributed by atoms with van der Waals surface area (Å²) in [6, 6.07) is 12.9. The molecule has 8 heteroatoms. The number of ether oxygens (including phenoxy) is 1. The molecule has 4 N–H and O–H groups in total. The Morgan fingerprint density at radius 2 is 1.96 bits per heavy atom. The molecule has 0 saturated carbocycles. The van der Waals surface area contributed by atoms with E-state index in [1.807, 2.05) is 12.1 Å². The number of nitrogens with two attached hydrogens (primary N) is 1. The third kappa shape index (κ3) is 1.77. The predicted octanol–water partition coefficient (Wildman–Crippen LogP) is 1.80. The van der Waals surface area contributed by atoms with Gasteiger partial charge in [0, 0.05) is 29.2 Å². The highest BCUT2D eigenvalue weighted by atomic mass is 16.5. The average Bonchev–Trinajstić information content (AvgIpc) is 3.23. The number of pyridine rings is 1. The average molecular weight is 356 g/mol. The lowest BCUT2D eigenvalue weighted by atomic mass is 9.68.